The summed E-state index contributed by atoms with van der Waals surface area (Å²) in [5.74, 6) is -0.0651. The Hall–Kier alpha value is -1.88. The van der Waals surface area contributed by atoms with Gasteiger partial charge in [-0.3, -0.25) is 14.5 Å². The average molecular weight is 291 g/mol. The Bertz CT molecular complexity index is 460. The van der Waals surface area contributed by atoms with Crippen molar-refractivity contribution in [3.8, 4) is 0 Å². The molecular weight excluding hydrogens is 266 g/mol. The smallest absolute Gasteiger partial charge is 0.236 e. The first-order valence-electron chi connectivity index (χ1n) is 7.14. The standard InChI is InChI=1S/C16H25N3O2/c1-13(2)17-15(20)11-18(3)12-16(21)19(4)10-14-8-6-5-7-9-14/h5-9,13H,10-12H2,1-4H3,(H,17,20). The van der Waals surface area contributed by atoms with Gasteiger partial charge in [-0.2, -0.15) is 0 Å². The van der Waals surface area contributed by atoms with Crippen LogP contribution in [0.5, 0.6) is 0 Å². The summed E-state index contributed by atoms with van der Waals surface area (Å²) < 4.78 is 0. The molecule has 0 heterocycles. The molecule has 0 atom stereocenters. The summed E-state index contributed by atoms with van der Waals surface area (Å²) in [5.41, 5.74) is 1.09. The highest BCUT2D eigenvalue weighted by Crippen LogP contribution is 2.03. The van der Waals surface area contributed by atoms with E-state index in [1.165, 1.54) is 0 Å². The molecule has 0 aromatic heterocycles. The highest BCUT2D eigenvalue weighted by Gasteiger charge is 2.14. The third-order valence-corrected chi connectivity index (χ3v) is 2.96. The van der Waals surface area contributed by atoms with Crippen molar-refractivity contribution in [3.05, 3.63) is 35.9 Å². The maximum Gasteiger partial charge on any atom is 0.236 e. The van der Waals surface area contributed by atoms with Crippen molar-refractivity contribution in [1.29, 1.82) is 0 Å². The third kappa shape index (κ3) is 6.90. The Morgan fingerprint density at radius 2 is 1.71 bits per heavy atom. The number of benzene rings is 1. The van der Waals surface area contributed by atoms with Gasteiger partial charge in [-0.15, -0.1) is 0 Å². The van der Waals surface area contributed by atoms with Crippen molar-refractivity contribution in [2.75, 3.05) is 27.2 Å². The van der Waals surface area contributed by atoms with Gasteiger partial charge in [0.1, 0.15) is 0 Å². The molecule has 5 nitrogen and oxygen atoms in total. The first-order chi connectivity index (χ1) is 9.88. The van der Waals surface area contributed by atoms with E-state index in [0.717, 1.165) is 5.56 Å². The fourth-order valence-electron chi connectivity index (χ4n) is 1.97. The number of amides is 2. The average Bonchev–Trinajstić information content (AvgIpc) is 2.38. The van der Waals surface area contributed by atoms with Crippen LogP contribution in [0.1, 0.15) is 19.4 Å². The zero-order valence-electron chi connectivity index (χ0n) is 13.3. The summed E-state index contributed by atoms with van der Waals surface area (Å²) in [6.45, 7) is 4.86. The van der Waals surface area contributed by atoms with Crippen LogP contribution in [0.15, 0.2) is 30.3 Å². The van der Waals surface area contributed by atoms with E-state index in [1.54, 1.807) is 23.9 Å². The van der Waals surface area contributed by atoms with Gasteiger partial charge in [-0.25, -0.2) is 0 Å². The van der Waals surface area contributed by atoms with Crippen LogP contribution in [-0.2, 0) is 16.1 Å². The number of hydrogen-bond acceptors (Lipinski definition) is 3. The number of nitrogens with one attached hydrogen (secondary N) is 1. The quantitative estimate of drug-likeness (QED) is 0.818. The molecule has 116 valence electrons. The van der Waals surface area contributed by atoms with Crippen molar-refractivity contribution in [3.63, 3.8) is 0 Å². The molecule has 5 heteroatoms. The molecule has 0 saturated carbocycles. The monoisotopic (exact) mass is 291 g/mol. The molecule has 0 spiro atoms. The molecule has 1 aromatic carbocycles. The van der Waals surface area contributed by atoms with E-state index in [0.29, 0.717) is 6.54 Å². The second-order valence-electron chi connectivity index (χ2n) is 5.63. The zero-order chi connectivity index (χ0) is 15.8. The summed E-state index contributed by atoms with van der Waals surface area (Å²) in [5, 5.41) is 2.81. The van der Waals surface area contributed by atoms with Gasteiger partial charge in [0.2, 0.25) is 11.8 Å². The van der Waals surface area contributed by atoms with Gasteiger partial charge in [0.05, 0.1) is 13.1 Å². The molecule has 1 rings (SSSR count). The van der Waals surface area contributed by atoms with Crippen LogP contribution in [0.25, 0.3) is 0 Å². The minimum absolute atomic E-state index is 0.00120. The van der Waals surface area contributed by atoms with Crippen molar-refractivity contribution < 1.29 is 9.59 Å². The molecule has 0 unspecified atom stereocenters. The minimum atomic E-state index is -0.0639. The minimum Gasteiger partial charge on any atom is -0.353 e. The molecule has 0 aliphatic carbocycles. The molecule has 0 bridgehead atoms. The predicted molar refractivity (Wildman–Crippen MR) is 83.7 cm³/mol. The number of nitrogens with zero attached hydrogens (tertiary/aromatic N) is 2. The Balaban J connectivity index is 2.39. The Labute approximate surface area is 126 Å². The SMILES string of the molecule is CC(C)NC(=O)CN(C)CC(=O)N(C)Cc1ccccc1. The predicted octanol–water partition coefficient (Wildman–Crippen LogP) is 1.10. The van der Waals surface area contributed by atoms with Crippen molar-refractivity contribution in [2.24, 2.45) is 0 Å². The first kappa shape index (κ1) is 17.2. The van der Waals surface area contributed by atoms with E-state index < -0.39 is 0 Å². The molecular formula is C16H25N3O2. The van der Waals surface area contributed by atoms with Gasteiger partial charge in [-0.05, 0) is 26.5 Å². The largest absolute Gasteiger partial charge is 0.353 e. The number of hydrogen-bond donors (Lipinski definition) is 1. The number of carbonyl (C=O) groups is 2. The van der Waals surface area contributed by atoms with Gasteiger partial charge in [-0.1, -0.05) is 30.3 Å². The van der Waals surface area contributed by atoms with Crippen molar-refractivity contribution >= 4 is 11.8 Å². The maximum absolute atomic E-state index is 12.1. The summed E-state index contributed by atoms with van der Waals surface area (Å²) in [6, 6.07) is 9.95. The Morgan fingerprint density at radius 1 is 1.10 bits per heavy atom. The second kappa shape index (κ2) is 8.42. The van der Waals surface area contributed by atoms with Crippen molar-refractivity contribution in [2.45, 2.75) is 26.4 Å². The van der Waals surface area contributed by atoms with Gasteiger partial charge in [0, 0.05) is 19.6 Å². The lowest BCUT2D eigenvalue weighted by molar-refractivity contribution is -0.132. The van der Waals surface area contributed by atoms with Gasteiger partial charge in [0.15, 0.2) is 0 Å². The molecule has 0 aliphatic rings. The number of rotatable bonds is 7. The lowest BCUT2D eigenvalue weighted by atomic mass is 10.2. The first-order valence-corrected chi connectivity index (χ1v) is 7.14. The molecule has 1 N–H and O–H groups in total. The lowest BCUT2D eigenvalue weighted by Gasteiger charge is -2.22. The zero-order valence-corrected chi connectivity index (χ0v) is 13.3. The second-order valence-corrected chi connectivity index (χ2v) is 5.63. The normalized spacial score (nSPS) is 10.8. The lowest BCUT2D eigenvalue weighted by Crippen LogP contribution is -2.42. The van der Waals surface area contributed by atoms with E-state index >= 15 is 0 Å². The van der Waals surface area contributed by atoms with Crippen LogP contribution in [0.2, 0.25) is 0 Å². The molecule has 0 saturated heterocycles. The summed E-state index contributed by atoms with van der Waals surface area (Å²) in [7, 11) is 3.55. The fourth-order valence-corrected chi connectivity index (χ4v) is 1.97. The van der Waals surface area contributed by atoms with Crippen LogP contribution < -0.4 is 5.32 Å². The Morgan fingerprint density at radius 3 is 2.29 bits per heavy atom. The van der Waals surface area contributed by atoms with Crippen LogP contribution in [0, 0.1) is 0 Å². The highest BCUT2D eigenvalue weighted by molar-refractivity contribution is 5.81. The third-order valence-electron chi connectivity index (χ3n) is 2.96. The topological polar surface area (TPSA) is 52.7 Å². The van der Waals surface area contributed by atoms with Gasteiger partial charge in [0.25, 0.3) is 0 Å². The fraction of sp³-hybridized carbons (Fsp3) is 0.500. The molecule has 0 aliphatic heterocycles. The Kier molecular flexibility index (Phi) is 6.88. The molecule has 0 fully saturated rings. The summed E-state index contributed by atoms with van der Waals surface area (Å²) in [4.78, 5) is 27.1. The molecule has 0 radical (unpaired) electrons. The van der Waals surface area contributed by atoms with Crippen molar-refractivity contribution in [1.82, 2.24) is 15.1 Å². The molecule has 2 amide bonds. The van der Waals surface area contributed by atoms with Crippen LogP contribution >= 0.6 is 0 Å². The van der Waals surface area contributed by atoms with Gasteiger partial charge < -0.3 is 10.2 Å². The number of carbonyl (C=O) groups excluding carboxylic acids is 2. The number of likely N-dealkylation sites (N-methyl/N-ethyl adjacent to an activating group) is 2. The van der Waals surface area contributed by atoms with E-state index in [1.807, 2.05) is 44.2 Å². The van der Waals surface area contributed by atoms with Crippen LogP contribution in [0.4, 0.5) is 0 Å². The van der Waals surface area contributed by atoms with Crippen LogP contribution in [0.3, 0.4) is 0 Å². The molecule has 21 heavy (non-hydrogen) atoms. The van der Waals surface area contributed by atoms with Gasteiger partial charge >= 0.3 is 0 Å². The van der Waals surface area contributed by atoms with E-state index in [-0.39, 0.29) is 30.9 Å². The van der Waals surface area contributed by atoms with Crippen LogP contribution in [-0.4, -0.2) is 54.8 Å². The summed E-state index contributed by atoms with van der Waals surface area (Å²) in [6.07, 6.45) is 0. The molecule has 1 aromatic rings. The van der Waals surface area contributed by atoms with E-state index in [4.69, 9.17) is 0 Å². The summed E-state index contributed by atoms with van der Waals surface area (Å²) >= 11 is 0. The highest BCUT2D eigenvalue weighted by atomic mass is 16.2. The van der Waals surface area contributed by atoms with E-state index in [9.17, 15) is 9.59 Å². The maximum atomic E-state index is 12.1. The van der Waals surface area contributed by atoms with E-state index in [2.05, 4.69) is 5.32 Å².